The summed E-state index contributed by atoms with van der Waals surface area (Å²) in [4.78, 5) is 41.1. The van der Waals surface area contributed by atoms with Gasteiger partial charge < -0.3 is 14.7 Å². The monoisotopic (exact) mass is 541 g/mol. The molecule has 2 saturated heterocycles. The SMILES string of the molecule is C[C@@H](O)[C@H]1C(=O)N2C(C(=O)OCc3ccc([N+](=O)[O-])cc3)=C(SC3CN(Cc4ccc(F)cc4)C3)[C@H](C)[C@H]12. The predicted octanol–water partition coefficient (Wildman–Crippen LogP) is 3.46. The minimum atomic E-state index is -0.831. The van der Waals surface area contributed by atoms with Crippen LogP contribution in [0, 0.1) is 27.8 Å². The molecule has 200 valence electrons. The Hall–Kier alpha value is -3.28. The standard InChI is InChI=1S/C27H28FN3O6S/c1-15-23-22(16(2)32)26(33)30(23)24(27(34)37-14-18-5-9-20(10-6-18)31(35)36)25(15)38-21-12-29(13-21)11-17-3-7-19(28)8-4-17/h3-10,15-16,21-23,32H,11-14H2,1-2H3/t15-,16-,22-,23-/m1/s1. The van der Waals surface area contributed by atoms with Crippen LogP contribution in [-0.2, 0) is 27.5 Å². The molecule has 0 radical (unpaired) electrons. The first-order valence-corrected chi connectivity index (χ1v) is 13.3. The van der Waals surface area contributed by atoms with Gasteiger partial charge in [-0.25, -0.2) is 9.18 Å². The number of halogens is 1. The number of carbonyl (C=O) groups excluding carboxylic acids is 2. The third-order valence-corrected chi connectivity index (χ3v) is 8.81. The summed E-state index contributed by atoms with van der Waals surface area (Å²) in [6.07, 6.45) is -0.831. The van der Waals surface area contributed by atoms with Gasteiger partial charge in [-0.15, -0.1) is 11.8 Å². The van der Waals surface area contributed by atoms with E-state index in [9.17, 15) is 29.2 Å². The van der Waals surface area contributed by atoms with Crippen molar-refractivity contribution in [2.24, 2.45) is 11.8 Å². The lowest BCUT2D eigenvalue weighted by Crippen LogP contribution is -2.63. The Morgan fingerprint density at radius 2 is 1.82 bits per heavy atom. The molecule has 2 aromatic rings. The summed E-state index contributed by atoms with van der Waals surface area (Å²) in [5.41, 5.74) is 1.79. The van der Waals surface area contributed by atoms with Gasteiger partial charge in [0.15, 0.2) is 0 Å². The maximum absolute atomic E-state index is 13.3. The lowest BCUT2D eigenvalue weighted by molar-refractivity contribution is -0.384. The molecule has 0 unspecified atom stereocenters. The van der Waals surface area contributed by atoms with Crippen molar-refractivity contribution < 1.29 is 28.7 Å². The maximum Gasteiger partial charge on any atom is 0.356 e. The fourth-order valence-corrected chi connectivity index (χ4v) is 6.93. The van der Waals surface area contributed by atoms with Crippen LogP contribution in [0.25, 0.3) is 0 Å². The Bertz CT molecular complexity index is 1280. The number of hydrogen-bond acceptors (Lipinski definition) is 8. The van der Waals surface area contributed by atoms with Gasteiger partial charge in [0.1, 0.15) is 18.1 Å². The summed E-state index contributed by atoms with van der Waals surface area (Å²) in [6, 6.07) is 11.9. The number of hydrogen-bond donors (Lipinski definition) is 1. The minimum absolute atomic E-state index is 0.0572. The van der Waals surface area contributed by atoms with Crippen LogP contribution < -0.4 is 0 Å². The molecule has 3 heterocycles. The van der Waals surface area contributed by atoms with E-state index in [4.69, 9.17) is 4.74 Å². The third kappa shape index (κ3) is 4.93. The second-order valence-corrected chi connectivity index (χ2v) is 11.4. The molecule has 2 aromatic carbocycles. The summed E-state index contributed by atoms with van der Waals surface area (Å²) in [5, 5.41) is 21.3. The zero-order valence-corrected chi connectivity index (χ0v) is 21.8. The molecule has 4 atom stereocenters. The van der Waals surface area contributed by atoms with E-state index in [-0.39, 0.29) is 46.9 Å². The first-order valence-electron chi connectivity index (χ1n) is 12.4. The van der Waals surface area contributed by atoms with Crippen molar-refractivity contribution >= 4 is 29.3 Å². The van der Waals surface area contributed by atoms with Crippen LogP contribution in [-0.4, -0.2) is 62.2 Å². The number of carbonyl (C=O) groups is 2. The minimum Gasteiger partial charge on any atom is -0.456 e. The molecule has 1 N–H and O–H groups in total. The van der Waals surface area contributed by atoms with Crippen LogP contribution in [0.2, 0.25) is 0 Å². The molecule has 0 aromatic heterocycles. The Balaban J connectivity index is 1.28. The number of fused-ring (bicyclic) bond motifs is 1. The number of benzene rings is 2. The zero-order valence-electron chi connectivity index (χ0n) is 21.0. The van der Waals surface area contributed by atoms with E-state index in [2.05, 4.69) is 4.90 Å². The Morgan fingerprint density at radius 1 is 1.18 bits per heavy atom. The Kier molecular flexibility index (Phi) is 7.26. The number of β-lactam (4-membered cyclic amide) rings is 1. The number of ether oxygens (including phenoxy) is 1. The summed E-state index contributed by atoms with van der Waals surface area (Å²) < 4.78 is 18.7. The Morgan fingerprint density at radius 3 is 2.42 bits per heavy atom. The number of non-ortho nitro benzene ring substituents is 1. The number of thioether (sulfide) groups is 1. The number of nitro groups is 1. The highest BCUT2D eigenvalue weighted by Gasteiger charge is 2.60. The lowest BCUT2D eigenvalue weighted by Gasteiger charge is -2.46. The van der Waals surface area contributed by atoms with Crippen LogP contribution in [0.15, 0.2) is 59.1 Å². The third-order valence-electron chi connectivity index (χ3n) is 7.36. The average Bonchev–Trinajstić information content (AvgIpc) is 3.10. The van der Waals surface area contributed by atoms with Crippen LogP contribution in [0.3, 0.4) is 0 Å². The fourth-order valence-electron chi connectivity index (χ4n) is 5.35. The second kappa shape index (κ2) is 10.5. The number of nitro benzene ring substituents is 1. The van der Waals surface area contributed by atoms with Crippen LogP contribution in [0.1, 0.15) is 25.0 Å². The number of aliphatic hydroxyl groups is 1. The predicted molar refractivity (Wildman–Crippen MR) is 138 cm³/mol. The highest BCUT2D eigenvalue weighted by molar-refractivity contribution is 8.03. The largest absolute Gasteiger partial charge is 0.456 e. The molecule has 0 aliphatic carbocycles. The van der Waals surface area contributed by atoms with Crippen LogP contribution in [0.5, 0.6) is 0 Å². The molecule has 0 bridgehead atoms. The van der Waals surface area contributed by atoms with Gasteiger partial charge in [-0.3, -0.25) is 19.8 Å². The van der Waals surface area contributed by atoms with Crippen molar-refractivity contribution in [2.45, 2.75) is 44.4 Å². The van der Waals surface area contributed by atoms with Gasteiger partial charge in [-0.1, -0.05) is 19.1 Å². The normalized spacial score (nSPS) is 24.1. The molecule has 11 heteroatoms. The van der Waals surface area contributed by atoms with Crippen molar-refractivity contribution in [3.8, 4) is 0 Å². The molecule has 38 heavy (non-hydrogen) atoms. The Labute approximate surface area is 223 Å². The van der Waals surface area contributed by atoms with Gasteiger partial charge in [0, 0.05) is 47.8 Å². The number of rotatable bonds is 9. The van der Waals surface area contributed by atoms with Crippen molar-refractivity contribution in [1.82, 2.24) is 9.80 Å². The van der Waals surface area contributed by atoms with Crippen LogP contribution in [0.4, 0.5) is 10.1 Å². The van der Waals surface area contributed by atoms with E-state index < -0.39 is 22.9 Å². The molecular formula is C27H28FN3O6S. The first-order chi connectivity index (χ1) is 18.1. The van der Waals surface area contributed by atoms with Gasteiger partial charge in [-0.2, -0.15) is 0 Å². The molecule has 1 amide bonds. The van der Waals surface area contributed by atoms with E-state index >= 15 is 0 Å². The van der Waals surface area contributed by atoms with Gasteiger partial charge in [-0.05, 0) is 42.3 Å². The summed E-state index contributed by atoms with van der Waals surface area (Å²) in [6.45, 7) is 5.72. The number of amides is 1. The van der Waals surface area contributed by atoms with Crippen molar-refractivity contribution in [3.05, 3.63) is 86.2 Å². The average molecular weight is 542 g/mol. The molecule has 3 aliphatic heterocycles. The van der Waals surface area contributed by atoms with Crippen molar-refractivity contribution in [3.63, 3.8) is 0 Å². The molecule has 9 nitrogen and oxygen atoms in total. The maximum atomic E-state index is 13.3. The summed E-state index contributed by atoms with van der Waals surface area (Å²) in [7, 11) is 0. The lowest BCUT2D eigenvalue weighted by atomic mass is 9.79. The summed E-state index contributed by atoms with van der Waals surface area (Å²) >= 11 is 1.57. The molecule has 0 saturated carbocycles. The molecule has 5 rings (SSSR count). The molecule has 2 fully saturated rings. The van der Waals surface area contributed by atoms with Crippen molar-refractivity contribution in [2.75, 3.05) is 13.1 Å². The topological polar surface area (TPSA) is 113 Å². The van der Waals surface area contributed by atoms with E-state index in [0.29, 0.717) is 12.1 Å². The smallest absolute Gasteiger partial charge is 0.356 e. The van der Waals surface area contributed by atoms with E-state index in [1.54, 1.807) is 30.8 Å². The molecule has 0 spiro atoms. The van der Waals surface area contributed by atoms with Gasteiger partial charge >= 0.3 is 5.97 Å². The summed E-state index contributed by atoms with van der Waals surface area (Å²) in [5.74, 6) is -1.89. The highest BCUT2D eigenvalue weighted by atomic mass is 32.2. The number of likely N-dealkylation sites (tertiary alicyclic amines) is 1. The highest BCUT2D eigenvalue weighted by Crippen LogP contribution is 2.52. The van der Waals surface area contributed by atoms with E-state index in [1.165, 1.54) is 41.3 Å². The van der Waals surface area contributed by atoms with Gasteiger partial charge in [0.25, 0.3) is 5.69 Å². The quantitative estimate of drug-likeness (QED) is 0.222. The molecule has 3 aliphatic rings. The van der Waals surface area contributed by atoms with Gasteiger partial charge in [0.05, 0.1) is 23.0 Å². The van der Waals surface area contributed by atoms with Gasteiger partial charge in [0.2, 0.25) is 5.91 Å². The number of aliphatic hydroxyl groups excluding tert-OH is 1. The molecular weight excluding hydrogens is 513 g/mol. The number of esters is 1. The van der Waals surface area contributed by atoms with Crippen molar-refractivity contribution in [1.29, 1.82) is 0 Å². The van der Waals surface area contributed by atoms with E-state index in [1.807, 2.05) is 6.92 Å². The zero-order chi connectivity index (χ0) is 27.1. The first kappa shape index (κ1) is 26.3. The van der Waals surface area contributed by atoms with Crippen LogP contribution >= 0.6 is 11.8 Å². The fraction of sp³-hybridized carbons (Fsp3) is 0.407. The number of nitrogens with zero attached hydrogens (tertiary/aromatic N) is 3. The van der Waals surface area contributed by atoms with E-state index in [0.717, 1.165) is 23.6 Å². The second-order valence-electron chi connectivity index (χ2n) is 10.0.